The molecule has 28 heavy (non-hydrogen) atoms. The molecule has 0 aliphatic carbocycles. The number of thiazole rings is 1. The van der Waals surface area contributed by atoms with Crippen molar-refractivity contribution in [2.75, 3.05) is 0 Å². The standard InChI is InChI=1S/C20H15N3O4S/c1-23-18(25)17(8-11-10-21-15-5-3-2-4-13(11)15)28-20(23)22-12-6-7-14(19(26)27)16(24)9-12/h2-10,24-25H,1H3,(H,26,27)/b11-8+,22-20?. The Morgan fingerprint density at radius 1 is 1.21 bits per heavy atom. The highest BCUT2D eigenvalue weighted by Gasteiger charge is 2.15. The van der Waals surface area contributed by atoms with Crippen molar-refractivity contribution < 1.29 is 20.1 Å². The average molecular weight is 393 g/mol. The molecule has 4 rings (SSSR count). The molecule has 2 heterocycles. The van der Waals surface area contributed by atoms with E-state index in [1.165, 1.54) is 34.1 Å². The molecule has 0 radical (unpaired) electrons. The first-order valence-electron chi connectivity index (χ1n) is 8.29. The zero-order valence-corrected chi connectivity index (χ0v) is 15.5. The van der Waals surface area contributed by atoms with Crippen LogP contribution in [-0.4, -0.2) is 32.1 Å². The molecule has 3 N–H and O–H groups in total. The van der Waals surface area contributed by atoms with Gasteiger partial charge >= 0.3 is 5.97 Å². The fraction of sp³-hybridized carbons (Fsp3) is 0.0500. The van der Waals surface area contributed by atoms with Crippen molar-refractivity contribution in [1.82, 2.24) is 4.57 Å². The van der Waals surface area contributed by atoms with Crippen LogP contribution in [0.3, 0.4) is 0 Å². The van der Waals surface area contributed by atoms with E-state index in [9.17, 15) is 15.0 Å². The molecule has 0 atom stereocenters. The topological polar surface area (TPSA) is 107 Å². The number of nitrogens with zero attached hydrogens (tertiary/aromatic N) is 3. The molecule has 0 spiro atoms. The molecule has 1 aliphatic heterocycles. The van der Waals surface area contributed by atoms with Crippen LogP contribution in [0.5, 0.6) is 11.6 Å². The van der Waals surface area contributed by atoms with E-state index in [-0.39, 0.29) is 17.2 Å². The summed E-state index contributed by atoms with van der Waals surface area (Å²) in [6.45, 7) is 0. The van der Waals surface area contributed by atoms with Crippen LogP contribution in [0.25, 0.3) is 11.6 Å². The van der Waals surface area contributed by atoms with E-state index in [0.717, 1.165) is 16.8 Å². The molecule has 0 bridgehead atoms. The number of carboxylic acids is 1. The lowest BCUT2D eigenvalue weighted by atomic mass is 10.1. The number of para-hydroxylation sites is 1. The lowest BCUT2D eigenvalue weighted by molar-refractivity contribution is 0.0694. The third-order valence-corrected chi connectivity index (χ3v) is 5.38. The SMILES string of the molecule is Cn1c(O)c(/C=C2\C=Nc3ccccc32)sc1=Nc1ccc(C(=O)O)c(O)c1. The van der Waals surface area contributed by atoms with Crippen LogP contribution in [0.4, 0.5) is 11.4 Å². The maximum absolute atomic E-state index is 11.0. The van der Waals surface area contributed by atoms with Crippen molar-refractivity contribution in [3.63, 3.8) is 0 Å². The van der Waals surface area contributed by atoms with Crippen molar-refractivity contribution >= 4 is 46.5 Å². The molecule has 8 heteroatoms. The van der Waals surface area contributed by atoms with E-state index in [0.29, 0.717) is 15.4 Å². The van der Waals surface area contributed by atoms with Crippen molar-refractivity contribution in [3.8, 4) is 11.6 Å². The molecule has 2 aromatic carbocycles. The van der Waals surface area contributed by atoms with E-state index in [1.54, 1.807) is 13.3 Å². The van der Waals surface area contributed by atoms with Crippen LogP contribution in [0.15, 0.2) is 52.4 Å². The second kappa shape index (κ2) is 6.82. The number of aromatic nitrogens is 1. The summed E-state index contributed by atoms with van der Waals surface area (Å²) in [5.74, 6) is -1.52. The molecule has 1 aliphatic rings. The zero-order chi connectivity index (χ0) is 19.8. The summed E-state index contributed by atoms with van der Waals surface area (Å²) in [6, 6.07) is 11.8. The number of aliphatic imine (C=N–C) groups is 1. The van der Waals surface area contributed by atoms with Crippen LogP contribution in [0, 0.1) is 0 Å². The molecule has 0 fully saturated rings. The Kier molecular flexibility index (Phi) is 4.32. The number of aromatic hydroxyl groups is 2. The van der Waals surface area contributed by atoms with Gasteiger partial charge in [0.1, 0.15) is 11.3 Å². The lowest BCUT2D eigenvalue weighted by Gasteiger charge is -2.00. The molecule has 1 aromatic heterocycles. The quantitative estimate of drug-likeness (QED) is 0.631. The number of phenols is 1. The summed E-state index contributed by atoms with van der Waals surface area (Å²) in [4.78, 5) is 20.9. The molecule has 140 valence electrons. The third-order valence-electron chi connectivity index (χ3n) is 4.31. The molecular weight excluding hydrogens is 378 g/mol. The molecule has 0 saturated heterocycles. The highest BCUT2D eigenvalue weighted by atomic mass is 32.1. The number of carboxylic acid groups (broad SMARTS) is 1. The van der Waals surface area contributed by atoms with E-state index in [4.69, 9.17) is 5.11 Å². The minimum atomic E-state index is -1.21. The van der Waals surface area contributed by atoms with Crippen LogP contribution >= 0.6 is 11.3 Å². The maximum Gasteiger partial charge on any atom is 0.339 e. The van der Waals surface area contributed by atoms with Gasteiger partial charge in [0.15, 0.2) is 4.80 Å². The normalized spacial score (nSPS) is 14.6. The van der Waals surface area contributed by atoms with Crippen LogP contribution < -0.4 is 4.80 Å². The molecular formula is C20H15N3O4S. The largest absolute Gasteiger partial charge is 0.507 e. The summed E-state index contributed by atoms with van der Waals surface area (Å²) >= 11 is 1.27. The Bertz CT molecular complexity index is 1230. The molecule has 7 nitrogen and oxygen atoms in total. The Labute approximate surface area is 163 Å². The second-order valence-corrected chi connectivity index (χ2v) is 7.13. The second-order valence-electron chi connectivity index (χ2n) is 6.12. The first kappa shape index (κ1) is 17.7. The number of hydrogen-bond acceptors (Lipinski definition) is 6. The van der Waals surface area contributed by atoms with Gasteiger partial charge < -0.3 is 15.3 Å². The summed E-state index contributed by atoms with van der Waals surface area (Å²) in [7, 11) is 1.68. The van der Waals surface area contributed by atoms with Gasteiger partial charge in [-0.1, -0.05) is 29.5 Å². The summed E-state index contributed by atoms with van der Waals surface area (Å²) in [5.41, 5.74) is 2.95. The average Bonchev–Trinajstić information content (AvgIpc) is 3.19. The van der Waals surface area contributed by atoms with Gasteiger partial charge in [-0.2, -0.15) is 0 Å². The Morgan fingerprint density at radius 3 is 2.75 bits per heavy atom. The summed E-state index contributed by atoms with van der Waals surface area (Å²) < 4.78 is 1.53. The Morgan fingerprint density at radius 2 is 2.00 bits per heavy atom. The van der Waals surface area contributed by atoms with Crippen molar-refractivity contribution in [2.45, 2.75) is 0 Å². The first-order valence-corrected chi connectivity index (χ1v) is 9.10. The van der Waals surface area contributed by atoms with E-state index < -0.39 is 5.97 Å². The minimum Gasteiger partial charge on any atom is -0.507 e. The molecule has 0 saturated carbocycles. The Hall–Kier alpha value is -3.65. The summed E-state index contributed by atoms with van der Waals surface area (Å²) in [5, 5.41) is 29.3. The molecule has 3 aromatic rings. The van der Waals surface area contributed by atoms with Crippen LogP contribution in [-0.2, 0) is 7.05 Å². The van der Waals surface area contributed by atoms with Gasteiger partial charge in [-0.05, 0) is 24.3 Å². The zero-order valence-electron chi connectivity index (χ0n) is 14.7. The number of allylic oxidation sites excluding steroid dienone is 1. The summed E-state index contributed by atoms with van der Waals surface area (Å²) in [6.07, 6.45) is 3.60. The van der Waals surface area contributed by atoms with Crippen LogP contribution in [0.1, 0.15) is 20.8 Å². The van der Waals surface area contributed by atoms with Gasteiger partial charge in [0.05, 0.1) is 16.3 Å². The third kappa shape index (κ3) is 3.10. The van der Waals surface area contributed by atoms with Crippen LogP contribution in [0.2, 0.25) is 0 Å². The van der Waals surface area contributed by atoms with E-state index in [2.05, 4.69) is 9.98 Å². The van der Waals surface area contributed by atoms with Crippen molar-refractivity contribution in [1.29, 1.82) is 0 Å². The van der Waals surface area contributed by atoms with Gasteiger partial charge in [-0.25, -0.2) is 9.79 Å². The number of fused-ring (bicyclic) bond motifs is 1. The Balaban J connectivity index is 1.75. The predicted octanol–water partition coefficient (Wildman–Crippen LogP) is 3.68. The van der Waals surface area contributed by atoms with Crippen molar-refractivity contribution in [2.24, 2.45) is 17.0 Å². The van der Waals surface area contributed by atoms with Gasteiger partial charge in [0.25, 0.3) is 0 Å². The van der Waals surface area contributed by atoms with Gasteiger partial charge in [-0.15, -0.1) is 0 Å². The minimum absolute atomic E-state index is 0.0559. The number of carbonyl (C=O) groups is 1. The first-order chi connectivity index (χ1) is 13.4. The number of benzene rings is 2. The number of rotatable bonds is 3. The van der Waals surface area contributed by atoms with Gasteiger partial charge in [0.2, 0.25) is 5.88 Å². The van der Waals surface area contributed by atoms with Crippen molar-refractivity contribution in [3.05, 3.63) is 63.3 Å². The highest BCUT2D eigenvalue weighted by Crippen LogP contribution is 2.34. The van der Waals surface area contributed by atoms with Gasteiger partial charge in [-0.3, -0.25) is 9.56 Å². The number of hydrogen-bond donors (Lipinski definition) is 3. The molecule has 0 amide bonds. The highest BCUT2D eigenvalue weighted by molar-refractivity contribution is 7.10. The maximum atomic E-state index is 11.0. The van der Waals surface area contributed by atoms with Gasteiger partial charge in [0, 0.05) is 30.5 Å². The number of aromatic carboxylic acids is 1. The lowest BCUT2D eigenvalue weighted by Crippen LogP contribution is -2.08. The monoisotopic (exact) mass is 393 g/mol. The predicted molar refractivity (Wildman–Crippen MR) is 108 cm³/mol. The molecule has 0 unspecified atom stereocenters. The van der Waals surface area contributed by atoms with E-state index >= 15 is 0 Å². The fourth-order valence-corrected chi connectivity index (χ4v) is 3.82. The van der Waals surface area contributed by atoms with E-state index in [1.807, 2.05) is 30.3 Å². The fourth-order valence-electron chi connectivity index (χ4n) is 2.84. The smallest absolute Gasteiger partial charge is 0.339 e.